The van der Waals surface area contributed by atoms with E-state index in [1.807, 2.05) is 11.5 Å². The third-order valence-electron chi connectivity index (χ3n) is 6.23. The number of nitrogens with two attached hydrogens (primary N) is 1. The number of hydrogen-bond acceptors (Lipinski definition) is 6. The van der Waals surface area contributed by atoms with Crippen LogP contribution in [0.3, 0.4) is 0 Å². The van der Waals surface area contributed by atoms with Crippen LogP contribution in [0.4, 0.5) is 5.95 Å². The molecule has 8 heteroatoms. The number of fused-ring (bicyclic) bond motifs is 1. The summed E-state index contributed by atoms with van der Waals surface area (Å²) in [6, 6.07) is 0. The zero-order chi connectivity index (χ0) is 20.1. The highest BCUT2D eigenvalue weighted by Gasteiger charge is 2.48. The molecule has 27 heavy (non-hydrogen) atoms. The predicted molar refractivity (Wildman–Crippen MR) is 110 cm³/mol. The molecule has 0 radical (unpaired) electrons. The first-order chi connectivity index (χ1) is 12.5. The van der Waals surface area contributed by atoms with Gasteiger partial charge in [0.15, 0.2) is 20.2 Å². The van der Waals surface area contributed by atoms with Crippen molar-refractivity contribution in [3.8, 4) is 0 Å². The minimum Gasteiger partial charge on any atom is -0.409 e. The zero-order valence-electron chi connectivity index (χ0n) is 17.8. The Balaban J connectivity index is 2.04. The molecule has 1 unspecified atom stereocenters. The predicted octanol–water partition coefficient (Wildman–Crippen LogP) is 4.05. The molecule has 0 saturated carbocycles. The van der Waals surface area contributed by atoms with Crippen LogP contribution in [0.2, 0.25) is 18.1 Å². The van der Waals surface area contributed by atoms with Gasteiger partial charge in [-0.15, -0.1) is 0 Å². The molecule has 150 valence electrons. The Labute approximate surface area is 162 Å². The molecule has 2 aromatic rings. The molecule has 7 nitrogen and oxygen atoms in total. The van der Waals surface area contributed by atoms with Crippen molar-refractivity contribution in [1.82, 2.24) is 19.5 Å². The first-order valence-electron chi connectivity index (χ1n) is 9.76. The van der Waals surface area contributed by atoms with E-state index in [2.05, 4.69) is 62.7 Å². The van der Waals surface area contributed by atoms with Crippen molar-refractivity contribution in [2.45, 2.75) is 84.5 Å². The van der Waals surface area contributed by atoms with Gasteiger partial charge in [0.2, 0.25) is 5.95 Å². The van der Waals surface area contributed by atoms with Crippen molar-refractivity contribution in [2.75, 3.05) is 5.73 Å². The van der Waals surface area contributed by atoms with Gasteiger partial charge in [-0.2, -0.15) is 4.98 Å². The Morgan fingerprint density at radius 2 is 1.96 bits per heavy atom. The number of hydrogen-bond donors (Lipinski definition) is 1. The van der Waals surface area contributed by atoms with Crippen LogP contribution in [-0.4, -0.2) is 40.0 Å². The normalized spacial score (nSPS) is 26.8. The summed E-state index contributed by atoms with van der Waals surface area (Å²) in [7, 11) is -1.97. The van der Waals surface area contributed by atoms with E-state index in [-0.39, 0.29) is 35.3 Å². The molecule has 0 aliphatic carbocycles. The average Bonchev–Trinajstić information content (AvgIpc) is 3.08. The third-order valence-corrected chi connectivity index (χ3v) is 10.7. The summed E-state index contributed by atoms with van der Waals surface area (Å²) < 4.78 is 15.3. The highest BCUT2D eigenvalue weighted by molar-refractivity contribution is 6.74. The van der Waals surface area contributed by atoms with Crippen LogP contribution >= 0.6 is 0 Å². The lowest BCUT2D eigenvalue weighted by atomic mass is 9.99. The quantitative estimate of drug-likeness (QED) is 0.791. The maximum atomic E-state index is 6.84. The Morgan fingerprint density at radius 1 is 1.30 bits per heavy atom. The van der Waals surface area contributed by atoms with E-state index >= 15 is 0 Å². The second-order valence-corrected chi connectivity index (χ2v) is 13.9. The van der Waals surface area contributed by atoms with Crippen molar-refractivity contribution < 1.29 is 9.16 Å². The van der Waals surface area contributed by atoms with E-state index in [0.29, 0.717) is 5.65 Å². The van der Waals surface area contributed by atoms with Gasteiger partial charge in [0.05, 0.1) is 24.2 Å². The molecular weight excluding hydrogens is 358 g/mol. The molecule has 0 spiro atoms. The van der Waals surface area contributed by atoms with Gasteiger partial charge < -0.3 is 14.9 Å². The lowest BCUT2D eigenvalue weighted by Crippen LogP contribution is -2.46. The van der Waals surface area contributed by atoms with Gasteiger partial charge in [0, 0.05) is 5.92 Å². The average molecular weight is 392 g/mol. The molecule has 4 atom stereocenters. The Bertz CT molecular complexity index is 829. The molecule has 2 aromatic heterocycles. The van der Waals surface area contributed by atoms with Crippen molar-refractivity contribution in [1.29, 1.82) is 0 Å². The molecule has 0 amide bonds. The van der Waals surface area contributed by atoms with Gasteiger partial charge in [0.25, 0.3) is 0 Å². The van der Waals surface area contributed by atoms with Crippen LogP contribution in [-0.2, 0) is 9.16 Å². The van der Waals surface area contributed by atoms with Crippen LogP contribution in [0, 0.1) is 12.8 Å². The molecule has 0 aromatic carbocycles. The Hall–Kier alpha value is -1.51. The fourth-order valence-corrected chi connectivity index (χ4v) is 4.86. The number of nitrogens with zero attached hydrogens (tertiary/aromatic N) is 4. The van der Waals surface area contributed by atoms with Crippen LogP contribution < -0.4 is 5.73 Å². The number of nitrogen functional groups attached to an aromatic ring is 1. The number of aryl methyl sites for hydroxylation is 1. The van der Waals surface area contributed by atoms with Crippen molar-refractivity contribution in [2.24, 2.45) is 5.92 Å². The molecule has 1 aliphatic heterocycles. The lowest BCUT2D eigenvalue weighted by molar-refractivity contribution is -0.0321. The highest BCUT2D eigenvalue weighted by atomic mass is 28.4. The maximum Gasteiger partial charge on any atom is 0.222 e. The summed E-state index contributed by atoms with van der Waals surface area (Å²) in [5, 5.41) is 0.127. The molecule has 3 rings (SSSR count). The van der Waals surface area contributed by atoms with E-state index in [9.17, 15) is 0 Å². The summed E-state index contributed by atoms with van der Waals surface area (Å²) in [5.41, 5.74) is 8.13. The largest absolute Gasteiger partial charge is 0.409 e. The number of aromatic nitrogens is 4. The Kier molecular flexibility index (Phi) is 5.11. The zero-order valence-corrected chi connectivity index (χ0v) is 18.8. The fourth-order valence-electron chi connectivity index (χ4n) is 3.49. The SMILES string of the molecule is CC[C@H]1O[C@@H](n2cnc3c(C)nc(N)nc32)[C@@H](O[Si](C)(C)C(C)(C)C)C1C. The van der Waals surface area contributed by atoms with Gasteiger partial charge >= 0.3 is 0 Å². The van der Waals surface area contributed by atoms with E-state index in [0.717, 1.165) is 17.6 Å². The summed E-state index contributed by atoms with van der Waals surface area (Å²) in [5.74, 6) is 0.536. The van der Waals surface area contributed by atoms with Crippen LogP contribution in [0.1, 0.15) is 53.0 Å². The van der Waals surface area contributed by atoms with E-state index in [4.69, 9.17) is 14.9 Å². The second-order valence-electron chi connectivity index (χ2n) is 9.17. The molecule has 1 aliphatic rings. The topological polar surface area (TPSA) is 88.1 Å². The van der Waals surface area contributed by atoms with Crippen molar-refractivity contribution in [3.63, 3.8) is 0 Å². The molecule has 3 heterocycles. The van der Waals surface area contributed by atoms with E-state index in [1.165, 1.54) is 0 Å². The molecular formula is C19H33N5O2Si. The minimum absolute atomic E-state index is 0.0512. The minimum atomic E-state index is -1.97. The number of ether oxygens (including phenoxy) is 1. The highest BCUT2D eigenvalue weighted by Crippen LogP contribution is 2.44. The number of imidazole rings is 1. The van der Waals surface area contributed by atoms with Gasteiger partial charge in [-0.3, -0.25) is 4.57 Å². The monoisotopic (exact) mass is 391 g/mol. The van der Waals surface area contributed by atoms with Crippen LogP contribution in [0.15, 0.2) is 6.33 Å². The maximum absolute atomic E-state index is 6.84. The van der Waals surface area contributed by atoms with E-state index in [1.54, 1.807) is 6.33 Å². The molecule has 0 bridgehead atoms. The smallest absolute Gasteiger partial charge is 0.222 e. The Morgan fingerprint density at radius 3 is 2.56 bits per heavy atom. The first kappa shape index (κ1) is 20.2. The fraction of sp³-hybridized carbons (Fsp3) is 0.737. The molecule has 1 saturated heterocycles. The third kappa shape index (κ3) is 3.50. The molecule has 2 N–H and O–H groups in total. The van der Waals surface area contributed by atoms with Crippen molar-refractivity contribution >= 4 is 25.4 Å². The van der Waals surface area contributed by atoms with Gasteiger partial charge in [-0.05, 0) is 31.5 Å². The molecule has 1 fully saturated rings. The standard InChI is InChI=1S/C19H33N5O2Si/c1-9-13-11(2)15(26-27(7,8)19(4,5)6)17(25-13)24-10-21-14-12(3)22-18(20)23-16(14)24/h10-11,13,15,17H,9H2,1-8H3,(H2,20,22,23)/t11?,13-,15+,17-/m1/s1. The van der Waals surface area contributed by atoms with Crippen LogP contribution in [0.25, 0.3) is 11.2 Å². The van der Waals surface area contributed by atoms with Gasteiger partial charge in [-0.25, -0.2) is 9.97 Å². The lowest BCUT2D eigenvalue weighted by Gasteiger charge is -2.40. The summed E-state index contributed by atoms with van der Waals surface area (Å²) in [4.78, 5) is 13.2. The second kappa shape index (κ2) is 6.83. The number of anilines is 1. The summed E-state index contributed by atoms with van der Waals surface area (Å²) >= 11 is 0. The van der Waals surface area contributed by atoms with Crippen LogP contribution in [0.5, 0.6) is 0 Å². The van der Waals surface area contributed by atoms with Gasteiger partial charge in [0.1, 0.15) is 5.52 Å². The van der Waals surface area contributed by atoms with Crippen molar-refractivity contribution in [3.05, 3.63) is 12.0 Å². The summed E-state index contributed by atoms with van der Waals surface area (Å²) in [6.45, 7) is 17.6. The summed E-state index contributed by atoms with van der Waals surface area (Å²) in [6.07, 6.45) is 2.55. The van der Waals surface area contributed by atoms with E-state index < -0.39 is 8.32 Å². The number of rotatable bonds is 4. The van der Waals surface area contributed by atoms with Gasteiger partial charge in [-0.1, -0.05) is 34.6 Å². The first-order valence-corrected chi connectivity index (χ1v) is 12.7.